The summed E-state index contributed by atoms with van der Waals surface area (Å²) >= 11 is 4.01. The number of carbonyl (C=O) groups excluding carboxylic acids is 2. The van der Waals surface area contributed by atoms with Gasteiger partial charge in [-0.3, -0.25) is 44.0 Å². The van der Waals surface area contributed by atoms with E-state index in [4.69, 9.17) is 15.3 Å². The van der Waals surface area contributed by atoms with Crippen LogP contribution in [0.2, 0.25) is 0 Å². The number of hydrogen-bond donors (Lipinski definition) is 6. The van der Waals surface area contributed by atoms with Crippen LogP contribution in [0.4, 0.5) is 0 Å². The first-order valence-electron chi connectivity index (χ1n) is 9.03. The number of aliphatic carboxylic acids is 3. The van der Waals surface area contributed by atoms with Crippen molar-refractivity contribution in [2.24, 2.45) is 0 Å². The summed E-state index contributed by atoms with van der Waals surface area (Å²) in [6.45, 7) is -1.63. The summed E-state index contributed by atoms with van der Waals surface area (Å²) in [5, 5.41) is 38.8. The smallest absolute Gasteiger partial charge is 0.480 e. The molecule has 0 aromatic rings. The van der Waals surface area contributed by atoms with E-state index in [2.05, 4.69) is 17.9 Å². The molecule has 1 saturated heterocycles. The Balaban J connectivity index is 0.00000900. The van der Waals surface area contributed by atoms with E-state index in [1.54, 1.807) is 0 Å². The Morgan fingerprint density at radius 2 is 1.52 bits per heavy atom. The quantitative estimate of drug-likeness (QED) is 0.0567. The summed E-state index contributed by atoms with van der Waals surface area (Å²) in [6, 6.07) is 0. The van der Waals surface area contributed by atoms with Gasteiger partial charge in [0.15, 0.2) is 0 Å². The van der Waals surface area contributed by atoms with Crippen LogP contribution < -0.4 is 5.32 Å². The molecule has 5 N–H and O–H groups in total. The predicted molar refractivity (Wildman–Crippen MR) is 104 cm³/mol. The number of thiol groups is 1. The van der Waals surface area contributed by atoms with Crippen molar-refractivity contribution >= 4 is 42.4 Å². The maximum Gasteiger partial charge on any atom is 2.00 e. The molecule has 0 spiro atoms. The standard InChI is InChI=1S/C16H26N4O9S.Mn/c21-11(17-1-2-20-12(22)5-10(30)16(20)29)6-18(7-13(23)24)3-4-19(8-14(25)26)9-15(27)28;/h10-11,17,21,30H,1-9H2,(H,23,24)(H,25,26)(H,27,28);/q;+2/t10-,11-;/m0./s1. The molecule has 1 rings (SSSR count). The molecule has 2 atom stereocenters. The zero-order valence-electron chi connectivity index (χ0n) is 16.5. The first kappa shape index (κ1) is 29.3. The van der Waals surface area contributed by atoms with Crippen LogP contribution in [0.25, 0.3) is 0 Å². The van der Waals surface area contributed by atoms with Crippen LogP contribution in [0.1, 0.15) is 6.42 Å². The molecule has 0 aromatic carbocycles. The largest absolute Gasteiger partial charge is 2.00 e. The fourth-order valence-corrected chi connectivity index (χ4v) is 3.15. The molecule has 1 aliphatic heterocycles. The van der Waals surface area contributed by atoms with E-state index in [0.717, 1.165) is 9.80 Å². The van der Waals surface area contributed by atoms with Crippen molar-refractivity contribution in [3.63, 3.8) is 0 Å². The number of aliphatic hydroxyl groups is 1. The van der Waals surface area contributed by atoms with Gasteiger partial charge in [-0.15, -0.1) is 0 Å². The first-order chi connectivity index (χ1) is 14.0. The summed E-state index contributed by atoms with van der Waals surface area (Å²) in [4.78, 5) is 59.6. The van der Waals surface area contributed by atoms with Gasteiger partial charge in [0, 0.05) is 39.1 Å². The topological polar surface area (TPSA) is 188 Å². The zero-order chi connectivity index (χ0) is 22.8. The third-order valence-corrected chi connectivity index (χ3v) is 4.58. The number of aliphatic hydroxyl groups excluding tert-OH is 1. The molecule has 0 saturated carbocycles. The number of likely N-dealkylation sites (tertiary alicyclic amines) is 1. The maximum absolute atomic E-state index is 11.8. The van der Waals surface area contributed by atoms with E-state index in [9.17, 15) is 29.1 Å². The summed E-state index contributed by atoms with van der Waals surface area (Å²) in [5.41, 5.74) is 0. The van der Waals surface area contributed by atoms with Gasteiger partial charge in [0.05, 0.1) is 24.9 Å². The molecule has 15 heteroatoms. The van der Waals surface area contributed by atoms with Crippen LogP contribution in [0.5, 0.6) is 0 Å². The van der Waals surface area contributed by atoms with Crippen LogP contribution in [-0.4, -0.2) is 129 Å². The average Bonchev–Trinajstić information content (AvgIpc) is 2.84. The normalized spacial score (nSPS) is 17.2. The Bertz CT molecular complexity index is 653. The van der Waals surface area contributed by atoms with Crippen molar-refractivity contribution in [2.75, 3.05) is 52.4 Å². The Kier molecular flexibility index (Phi) is 13.5. The minimum absolute atomic E-state index is 0. The Hall–Kier alpha value is -1.74. The van der Waals surface area contributed by atoms with Gasteiger partial charge in [-0.05, 0) is 0 Å². The third kappa shape index (κ3) is 11.4. The van der Waals surface area contributed by atoms with Crippen LogP contribution in [0.15, 0.2) is 0 Å². The molecular formula is C16H26MnN4O9S+2. The third-order valence-electron chi connectivity index (χ3n) is 4.18. The van der Waals surface area contributed by atoms with Crippen molar-refractivity contribution < 1.29 is 61.5 Å². The van der Waals surface area contributed by atoms with E-state index in [0.29, 0.717) is 0 Å². The predicted octanol–water partition coefficient (Wildman–Crippen LogP) is -3.19. The average molecular weight is 505 g/mol. The number of nitrogens with one attached hydrogen (secondary N) is 1. The number of hydrogen-bond acceptors (Lipinski definition) is 10. The summed E-state index contributed by atoms with van der Waals surface area (Å²) < 4.78 is 0. The Morgan fingerprint density at radius 1 is 1.03 bits per heavy atom. The molecule has 1 aliphatic rings. The molecule has 0 bridgehead atoms. The van der Waals surface area contributed by atoms with Crippen LogP contribution in [0, 0.1) is 0 Å². The summed E-state index contributed by atoms with van der Waals surface area (Å²) in [5.74, 6) is -4.41. The number of carbonyl (C=O) groups is 5. The van der Waals surface area contributed by atoms with Gasteiger partial charge in [0.1, 0.15) is 6.23 Å². The van der Waals surface area contributed by atoms with Crippen molar-refractivity contribution in [3.8, 4) is 0 Å². The first-order valence-corrected chi connectivity index (χ1v) is 9.55. The maximum atomic E-state index is 11.8. The van der Waals surface area contributed by atoms with Crippen LogP contribution in [-0.2, 0) is 41.0 Å². The van der Waals surface area contributed by atoms with Gasteiger partial charge in [0.25, 0.3) is 0 Å². The Labute approximate surface area is 194 Å². The van der Waals surface area contributed by atoms with Crippen molar-refractivity contribution in [2.45, 2.75) is 17.9 Å². The number of amides is 2. The molecule has 175 valence electrons. The van der Waals surface area contributed by atoms with E-state index in [1.807, 2.05) is 0 Å². The molecule has 1 radical (unpaired) electrons. The van der Waals surface area contributed by atoms with Gasteiger partial charge < -0.3 is 20.4 Å². The molecule has 13 nitrogen and oxygen atoms in total. The molecule has 0 unspecified atom stereocenters. The van der Waals surface area contributed by atoms with Crippen LogP contribution in [0.3, 0.4) is 0 Å². The minimum Gasteiger partial charge on any atom is -0.480 e. The monoisotopic (exact) mass is 505 g/mol. The second kappa shape index (κ2) is 14.3. The fraction of sp³-hybridized carbons (Fsp3) is 0.688. The van der Waals surface area contributed by atoms with Gasteiger partial charge >= 0.3 is 35.0 Å². The second-order valence-corrected chi connectivity index (χ2v) is 7.32. The molecule has 1 heterocycles. The van der Waals surface area contributed by atoms with Crippen LogP contribution >= 0.6 is 12.6 Å². The molecule has 31 heavy (non-hydrogen) atoms. The molecule has 2 amide bonds. The number of carboxylic acids is 3. The number of nitrogens with zero attached hydrogens (tertiary/aromatic N) is 3. The van der Waals surface area contributed by atoms with Crippen molar-refractivity contribution in [1.82, 2.24) is 20.0 Å². The Morgan fingerprint density at radius 3 is 1.97 bits per heavy atom. The van der Waals surface area contributed by atoms with Crippen molar-refractivity contribution in [1.29, 1.82) is 0 Å². The molecular weight excluding hydrogens is 479 g/mol. The molecule has 1 fully saturated rings. The van der Waals surface area contributed by atoms with Gasteiger partial charge in [-0.1, -0.05) is 0 Å². The van der Waals surface area contributed by atoms with Gasteiger partial charge in [0.2, 0.25) is 11.8 Å². The summed E-state index contributed by atoms with van der Waals surface area (Å²) in [6.07, 6.45) is -1.18. The van der Waals surface area contributed by atoms with E-state index in [-0.39, 0.29) is 62.1 Å². The molecule has 0 aromatic heterocycles. The number of rotatable bonds is 15. The fourth-order valence-electron chi connectivity index (χ4n) is 2.86. The SMILES string of the molecule is O=C(O)CN(CCN(CC(=O)O)C[C@H](O)NCCN1C(=O)C[C@H](S)C1=O)CC(=O)O.[Mn+2]. The van der Waals surface area contributed by atoms with Crippen molar-refractivity contribution in [3.05, 3.63) is 0 Å². The zero-order valence-corrected chi connectivity index (χ0v) is 18.6. The van der Waals surface area contributed by atoms with E-state index < -0.39 is 54.9 Å². The van der Waals surface area contributed by atoms with Gasteiger partial charge in [-0.2, -0.15) is 12.6 Å². The van der Waals surface area contributed by atoms with E-state index >= 15 is 0 Å². The second-order valence-electron chi connectivity index (χ2n) is 6.70. The minimum atomic E-state index is -1.22. The number of imide groups is 1. The van der Waals surface area contributed by atoms with Gasteiger partial charge in [-0.25, -0.2) is 0 Å². The number of carboxylic acid groups (broad SMARTS) is 3. The molecule has 0 aliphatic carbocycles. The van der Waals surface area contributed by atoms with E-state index in [1.165, 1.54) is 4.90 Å². The summed E-state index contributed by atoms with van der Waals surface area (Å²) in [7, 11) is 0.